The Balaban J connectivity index is 1.69. The number of esters is 1. The number of ether oxygens (including phenoxy) is 2. The van der Waals surface area contributed by atoms with Crippen molar-refractivity contribution in [3.05, 3.63) is 48.0 Å². The molecule has 0 amide bonds. The number of rotatable bonds is 9. The van der Waals surface area contributed by atoms with E-state index in [1.807, 2.05) is 0 Å². The molecule has 0 bridgehead atoms. The van der Waals surface area contributed by atoms with Gasteiger partial charge in [0.25, 0.3) is 0 Å². The average molecular weight is 415 g/mol. The second-order valence-corrected chi connectivity index (χ2v) is 6.55. The SMILES string of the molecule is C[C@H](O)[C@H](O)C(COC(=O)c1cccc(C=O)c1)OCn1cnc2c(N)ncnc21. The maximum Gasteiger partial charge on any atom is 0.338 e. The zero-order valence-electron chi connectivity index (χ0n) is 16.1. The van der Waals surface area contributed by atoms with Crippen LogP contribution in [0.4, 0.5) is 5.82 Å². The number of hydrogen-bond acceptors (Lipinski definition) is 10. The number of aromatic nitrogens is 4. The van der Waals surface area contributed by atoms with Crippen LogP contribution in [0.25, 0.3) is 11.2 Å². The number of carbonyl (C=O) groups excluding carboxylic acids is 2. The molecule has 2 aromatic heterocycles. The van der Waals surface area contributed by atoms with Crippen LogP contribution in [0.5, 0.6) is 0 Å². The fraction of sp³-hybridized carbons (Fsp3) is 0.316. The first-order valence-electron chi connectivity index (χ1n) is 9.02. The summed E-state index contributed by atoms with van der Waals surface area (Å²) in [6.45, 7) is 0.955. The second-order valence-electron chi connectivity index (χ2n) is 6.55. The molecule has 11 heteroatoms. The molecule has 30 heavy (non-hydrogen) atoms. The normalized spacial score (nSPS) is 14.2. The monoisotopic (exact) mass is 415 g/mol. The van der Waals surface area contributed by atoms with E-state index in [0.717, 1.165) is 0 Å². The lowest BCUT2D eigenvalue weighted by atomic mass is 10.1. The van der Waals surface area contributed by atoms with Crippen molar-refractivity contribution in [1.82, 2.24) is 19.5 Å². The van der Waals surface area contributed by atoms with Gasteiger partial charge in [-0.2, -0.15) is 0 Å². The molecule has 0 saturated carbocycles. The molecule has 0 radical (unpaired) electrons. The number of nitrogens with zero attached hydrogens (tertiary/aromatic N) is 4. The molecule has 2 heterocycles. The lowest BCUT2D eigenvalue weighted by molar-refractivity contribution is -0.121. The number of aldehydes is 1. The van der Waals surface area contributed by atoms with Crippen LogP contribution < -0.4 is 5.73 Å². The van der Waals surface area contributed by atoms with Gasteiger partial charge in [-0.15, -0.1) is 0 Å². The van der Waals surface area contributed by atoms with Gasteiger partial charge in [0.1, 0.15) is 43.7 Å². The van der Waals surface area contributed by atoms with Crippen LogP contribution in [-0.2, 0) is 16.2 Å². The number of nitrogen functional groups attached to an aromatic ring is 1. The van der Waals surface area contributed by atoms with E-state index in [1.165, 1.54) is 36.3 Å². The van der Waals surface area contributed by atoms with Crippen LogP contribution in [0.3, 0.4) is 0 Å². The van der Waals surface area contributed by atoms with Gasteiger partial charge in [0.2, 0.25) is 0 Å². The summed E-state index contributed by atoms with van der Waals surface area (Å²) >= 11 is 0. The summed E-state index contributed by atoms with van der Waals surface area (Å²) in [5, 5.41) is 20.0. The molecule has 4 N–H and O–H groups in total. The van der Waals surface area contributed by atoms with Crippen molar-refractivity contribution in [3.8, 4) is 0 Å². The Kier molecular flexibility index (Phi) is 6.67. The number of carbonyl (C=O) groups is 2. The Morgan fingerprint density at radius 1 is 1.30 bits per heavy atom. The number of benzene rings is 1. The van der Waals surface area contributed by atoms with Crippen LogP contribution >= 0.6 is 0 Å². The minimum absolute atomic E-state index is 0.0976. The third kappa shape index (κ3) is 4.76. The molecular formula is C19H21N5O6. The highest BCUT2D eigenvalue weighted by atomic mass is 16.6. The van der Waals surface area contributed by atoms with E-state index in [0.29, 0.717) is 23.0 Å². The van der Waals surface area contributed by atoms with E-state index in [9.17, 15) is 19.8 Å². The van der Waals surface area contributed by atoms with Gasteiger partial charge in [-0.3, -0.25) is 9.36 Å². The number of anilines is 1. The number of fused-ring (bicyclic) bond motifs is 1. The van der Waals surface area contributed by atoms with Gasteiger partial charge in [0.15, 0.2) is 11.5 Å². The highest BCUT2D eigenvalue weighted by molar-refractivity contribution is 5.91. The predicted molar refractivity (Wildman–Crippen MR) is 104 cm³/mol. The van der Waals surface area contributed by atoms with E-state index in [-0.39, 0.29) is 24.7 Å². The lowest BCUT2D eigenvalue weighted by Crippen LogP contribution is -2.41. The van der Waals surface area contributed by atoms with Crippen LogP contribution in [0, 0.1) is 0 Å². The van der Waals surface area contributed by atoms with Gasteiger partial charge < -0.3 is 25.4 Å². The third-order valence-electron chi connectivity index (χ3n) is 4.37. The highest BCUT2D eigenvalue weighted by Gasteiger charge is 2.27. The van der Waals surface area contributed by atoms with Crippen molar-refractivity contribution in [2.75, 3.05) is 12.3 Å². The Bertz CT molecular complexity index is 1040. The van der Waals surface area contributed by atoms with Crippen molar-refractivity contribution in [1.29, 1.82) is 0 Å². The molecule has 11 nitrogen and oxygen atoms in total. The first-order chi connectivity index (χ1) is 14.4. The first-order valence-corrected chi connectivity index (χ1v) is 9.02. The number of imidazole rings is 1. The molecule has 1 aromatic carbocycles. The summed E-state index contributed by atoms with van der Waals surface area (Å²) in [5.74, 6) is -0.482. The van der Waals surface area contributed by atoms with Crippen molar-refractivity contribution in [2.24, 2.45) is 0 Å². The number of hydrogen-bond donors (Lipinski definition) is 3. The zero-order chi connectivity index (χ0) is 21.7. The molecule has 0 aliphatic carbocycles. The van der Waals surface area contributed by atoms with E-state index < -0.39 is 24.3 Å². The van der Waals surface area contributed by atoms with Crippen LogP contribution in [0.15, 0.2) is 36.9 Å². The van der Waals surface area contributed by atoms with Crippen molar-refractivity contribution in [2.45, 2.75) is 32.0 Å². The largest absolute Gasteiger partial charge is 0.459 e. The van der Waals surface area contributed by atoms with Crippen LogP contribution in [0.2, 0.25) is 0 Å². The van der Waals surface area contributed by atoms with Gasteiger partial charge in [0, 0.05) is 5.56 Å². The topological polar surface area (TPSA) is 163 Å². The first kappa shape index (κ1) is 21.3. The molecule has 0 spiro atoms. The molecule has 0 saturated heterocycles. The van der Waals surface area contributed by atoms with Gasteiger partial charge in [-0.1, -0.05) is 12.1 Å². The maximum atomic E-state index is 12.3. The standard InChI is InChI=1S/C19H21N5O6/c1-11(26)16(27)14(7-29-19(28)13-4-2-3-12(5-13)6-25)30-10-24-9-23-15-17(20)21-8-22-18(15)24/h2-6,8-9,11,14,16,26-27H,7,10H2,1H3,(H2,20,21,22)/t11-,14?,16-/m0/s1. The summed E-state index contributed by atoms with van der Waals surface area (Å²) in [6.07, 6.45) is -0.157. The molecule has 0 aliphatic heterocycles. The fourth-order valence-electron chi connectivity index (χ4n) is 2.71. The Hall–Kier alpha value is -3.41. The van der Waals surface area contributed by atoms with Gasteiger partial charge >= 0.3 is 5.97 Å². The highest BCUT2D eigenvalue weighted by Crippen LogP contribution is 2.16. The third-order valence-corrected chi connectivity index (χ3v) is 4.37. The number of aliphatic hydroxyl groups excluding tert-OH is 2. The molecule has 3 atom stereocenters. The molecule has 0 fully saturated rings. The summed E-state index contributed by atoms with van der Waals surface area (Å²) in [5.41, 5.74) is 7.08. The van der Waals surface area contributed by atoms with Gasteiger partial charge in [0.05, 0.1) is 18.0 Å². The van der Waals surface area contributed by atoms with E-state index in [1.54, 1.807) is 12.1 Å². The Morgan fingerprint density at radius 2 is 2.10 bits per heavy atom. The van der Waals surface area contributed by atoms with Crippen molar-refractivity contribution in [3.63, 3.8) is 0 Å². The van der Waals surface area contributed by atoms with E-state index in [2.05, 4.69) is 15.0 Å². The fourth-order valence-corrected chi connectivity index (χ4v) is 2.71. The van der Waals surface area contributed by atoms with Crippen molar-refractivity contribution < 1.29 is 29.3 Å². The number of aliphatic hydroxyl groups is 2. The average Bonchev–Trinajstić information content (AvgIpc) is 3.17. The molecule has 158 valence electrons. The molecule has 3 rings (SSSR count). The van der Waals surface area contributed by atoms with E-state index >= 15 is 0 Å². The minimum atomic E-state index is -1.33. The van der Waals surface area contributed by atoms with E-state index in [4.69, 9.17) is 15.2 Å². The molecule has 0 aliphatic rings. The number of nitrogens with two attached hydrogens (primary N) is 1. The molecule has 3 aromatic rings. The summed E-state index contributed by atoms with van der Waals surface area (Å²) < 4.78 is 12.4. The summed E-state index contributed by atoms with van der Waals surface area (Å²) in [6, 6.07) is 5.99. The summed E-state index contributed by atoms with van der Waals surface area (Å²) in [4.78, 5) is 35.2. The minimum Gasteiger partial charge on any atom is -0.459 e. The molecular weight excluding hydrogens is 394 g/mol. The Labute approximate surface area is 171 Å². The van der Waals surface area contributed by atoms with Gasteiger partial charge in [-0.25, -0.2) is 19.7 Å². The second kappa shape index (κ2) is 9.39. The lowest BCUT2D eigenvalue weighted by Gasteiger charge is -2.25. The summed E-state index contributed by atoms with van der Waals surface area (Å²) in [7, 11) is 0. The predicted octanol–water partition coefficient (Wildman–Crippen LogP) is 0.162. The Morgan fingerprint density at radius 3 is 2.83 bits per heavy atom. The van der Waals surface area contributed by atoms with Crippen molar-refractivity contribution >= 4 is 29.2 Å². The quantitative estimate of drug-likeness (QED) is 0.324. The smallest absolute Gasteiger partial charge is 0.338 e. The van der Waals surface area contributed by atoms with Gasteiger partial charge in [-0.05, 0) is 19.1 Å². The zero-order valence-corrected chi connectivity index (χ0v) is 16.1. The van der Waals surface area contributed by atoms with Crippen LogP contribution in [-0.4, -0.2) is 66.9 Å². The maximum absolute atomic E-state index is 12.3. The molecule has 1 unspecified atom stereocenters. The van der Waals surface area contributed by atoms with Crippen LogP contribution in [0.1, 0.15) is 27.6 Å².